The lowest BCUT2D eigenvalue weighted by Gasteiger charge is -2.16. The van der Waals surface area contributed by atoms with E-state index in [4.69, 9.17) is 11.6 Å². The summed E-state index contributed by atoms with van der Waals surface area (Å²) in [6.45, 7) is 4.18. The van der Waals surface area contributed by atoms with Crippen LogP contribution in [0.3, 0.4) is 0 Å². The van der Waals surface area contributed by atoms with Crippen molar-refractivity contribution in [1.29, 1.82) is 0 Å². The Kier molecular flexibility index (Phi) is 5.99. The van der Waals surface area contributed by atoms with Gasteiger partial charge in [-0.25, -0.2) is 0 Å². The van der Waals surface area contributed by atoms with E-state index in [0.717, 1.165) is 0 Å². The normalized spacial score (nSPS) is 10.8. The van der Waals surface area contributed by atoms with E-state index in [0.29, 0.717) is 10.6 Å². The summed E-state index contributed by atoms with van der Waals surface area (Å²) in [5.41, 5.74) is 0.559. The summed E-state index contributed by atoms with van der Waals surface area (Å²) in [4.78, 5) is 25.2. The third kappa shape index (κ3) is 5.85. The Hall–Kier alpha value is -1.39. The molecule has 19 heavy (non-hydrogen) atoms. The lowest BCUT2D eigenvalue weighted by atomic mass is 10.1. The number of hydrogen-bond acceptors (Lipinski definition) is 3. The zero-order chi connectivity index (χ0) is 14.4. The summed E-state index contributed by atoms with van der Waals surface area (Å²) in [5, 5.41) is 3.32. The van der Waals surface area contributed by atoms with Gasteiger partial charge in [0.15, 0.2) is 5.78 Å². The van der Waals surface area contributed by atoms with Gasteiger partial charge in [-0.1, -0.05) is 23.7 Å². The van der Waals surface area contributed by atoms with Gasteiger partial charge in [-0.2, -0.15) is 0 Å². The van der Waals surface area contributed by atoms with Crippen LogP contribution < -0.4 is 5.32 Å². The molecule has 0 aromatic heterocycles. The van der Waals surface area contributed by atoms with E-state index in [-0.39, 0.29) is 30.8 Å². The van der Waals surface area contributed by atoms with Crippen LogP contribution in [-0.4, -0.2) is 42.8 Å². The van der Waals surface area contributed by atoms with Crippen molar-refractivity contribution < 1.29 is 9.59 Å². The highest BCUT2D eigenvalue weighted by atomic mass is 35.5. The number of Topliss-reactive ketones (excluding diaryl/α,β-unsaturated/α-hetero) is 1. The minimum Gasteiger partial charge on any atom is -0.353 e. The molecule has 0 aliphatic heterocycles. The highest BCUT2D eigenvalue weighted by Crippen LogP contribution is 2.11. The number of ketones is 1. The van der Waals surface area contributed by atoms with Gasteiger partial charge in [0.25, 0.3) is 0 Å². The maximum absolute atomic E-state index is 12.0. The molecular formula is C14H19ClN2O2. The van der Waals surface area contributed by atoms with E-state index in [1.54, 1.807) is 36.2 Å². The number of nitrogens with zero attached hydrogens (tertiary/aromatic N) is 1. The standard InChI is InChI=1S/C14H19ClN2O2/c1-10(2)16-14(19)9-17(3)8-13(18)11-5-4-6-12(15)7-11/h4-7,10H,8-9H2,1-3H3,(H,16,19). The quantitative estimate of drug-likeness (QED) is 0.812. The van der Waals surface area contributed by atoms with Gasteiger partial charge < -0.3 is 5.32 Å². The number of hydrogen-bond donors (Lipinski definition) is 1. The van der Waals surface area contributed by atoms with Crippen molar-refractivity contribution in [2.45, 2.75) is 19.9 Å². The van der Waals surface area contributed by atoms with Gasteiger partial charge in [-0.15, -0.1) is 0 Å². The highest BCUT2D eigenvalue weighted by Gasteiger charge is 2.13. The fourth-order valence-electron chi connectivity index (χ4n) is 1.67. The Morgan fingerprint density at radius 2 is 2.00 bits per heavy atom. The smallest absolute Gasteiger partial charge is 0.234 e. The summed E-state index contributed by atoms with van der Waals surface area (Å²) in [7, 11) is 1.74. The minimum absolute atomic E-state index is 0.0534. The fraction of sp³-hybridized carbons (Fsp3) is 0.429. The van der Waals surface area contributed by atoms with E-state index in [1.807, 2.05) is 13.8 Å². The average Bonchev–Trinajstić information content (AvgIpc) is 2.27. The predicted molar refractivity (Wildman–Crippen MR) is 76.6 cm³/mol. The molecule has 0 radical (unpaired) electrons. The zero-order valence-electron chi connectivity index (χ0n) is 11.4. The van der Waals surface area contributed by atoms with E-state index in [9.17, 15) is 9.59 Å². The number of carbonyl (C=O) groups is 2. The van der Waals surface area contributed by atoms with E-state index >= 15 is 0 Å². The third-order valence-electron chi connectivity index (χ3n) is 2.42. The first-order valence-corrected chi connectivity index (χ1v) is 6.53. The molecule has 4 nitrogen and oxygen atoms in total. The van der Waals surface area contributed by atoms with Crippen LogP contribution in [0.4, 0.5) is 0 Å². The molecule has 0 fully saturated rings. The zero-order valence-corrected chi connectivity index (χ0v) is 12.2. The molecule has 0 spiro atoms. The molecule has 104 valence electrons. The maximum atomic E-state index is 12.0. The van der Waals surface area contributed by atoms with Crippen molar-refractivity contribution in [3.05, 3.63) is 34.9 Å². The second-order valence-electron chi connectivity index (χ2n) is 4.83. The van der Waals surface area contributed by atoms with Crippen molar-refractivity contribution >= 4 is 23.3 Å². The Morgan fingerprint density at radius 1 is 1.32 bits per heavy atom. The number of carbonyl (C=O) groups excluding carboxylic acids is 2. The highest BCUT2D eigenvalue weighted by molar-refractivity contribution is 6.31. The van der Waals surface area contributed by atoms with Crippen LogP contribution >= 0.6 is 11.6 Å². The van der Waals surface area contributed by atoms with E-state index in [1.165, 1.54) is 0 Å². The molecule has 1 aromatic carbocycles. The number of halogens is 1. The number of benzene rings is 1. The topological polar surface area (TPSA) is 49.4 Å². The molecule has 0 aliphatic carbocycles. The van der Waals surface area contributed by atoms with Gasteiger partial charge in [0.1, 0.15) is 0 Å². The lowest BCUT2D eigenvalue weighted by molar-refractivity contribution is -0.122. The monoisotopic (exact) mass is 282 g/mol. The van der Waals surface area contributed by atoms with Crippen molar-refractivity contribution in [1.82, 2.24) is 10.2 Å². The summed E-state index contributed by atoms with van der Waals surface area (Å²) in [5.74, 6) is -0.140. The van der Waals surface area contributed by atoms with Gasteiger partial charge in [0.05, 0.1) is 13.1 Å². The predicted octanol–water partition coefficient (Wildman–Crippen LogP) is 1.98. The van der Waals surface area contributed by atoms with Crippen LogP contribution in [0.25, 0.3) is 0 Å². The summed E-state index contributed by atoms with van der Waals surface area (Å²) >= 11 is 5.84. The first kappa shape index (κ1) is 15.7. The number of rotatable bonds is 6. The van der Waals surface area contributed by atoms with Gasteiger partial charge >= 0.3 is 0 Å². The van der Waals surface area contributed by atoms with Crippen LogP contribution in [0.2, 0.25) is 5.02 Å². The second kappa shape index (κ2) is 7.26. The van der Waals surface area contributed by atoms with Crippen LogP contribution in [0.1, 0.15) is 24.2 Å². The lowest BCUT2D eigenvalue weighted by Crippen LogP contribution is -2.40. The maximum Gasteiger partial charge on any atom is 0.234 e. The Bertz CT molecular complexity index is 461. The Labute approximate surface area is 118 Å². The molecular weight excluding hydrogens is 264 g/mol. The van der Waals surface area contributed by atoms with Crippen molar-refractivity contribution in [3.8, 4) is 0 Å². The molecule has 0 saturated heterocycles. The van der Waals surface area contributed by atoms with Gasteiger partial charge in [0, 0.05) is 16.6 Å². The van der Waals surface area contributed by atoms with Crippen LogP contribution in [0.15, 0.2) is 24.3 Å². The third-order valence-corrected chi connectivity index (χ3v) is 2.66. The number of amides is 1. The molecule has 0 aliphatic rings. The minimum atomic E-state index is -0.0867. The number of nitrogens with one attached hydrogen (secondary N) is 1. The van der Waals surface area contributed by atoms with Gasteiger partial charge in [-0.3, -0.25) is 14.5 Å². The van der Waals surface area contributed by atoms with Gasteiger partial charge in [0.2, 0.25) is 5.91 Å². The summed E-state index contributed by atoms with van der Waals surface area (Å²) in [6.07, 6.45) is 0. The Balaban J connectivity index is 2.50. The fourth-order valence-corrected chi connectivity index (χ4v) is 1.86. The Morgan fingerprint density at radius 3 is 2.58 bits per heavy atom. The molecule has 0 atom stereocenters. The van der Waals surface area contributed by atoms with Gasteiger partial charge in [-0.05, 0) is 33.0 Å². The first-order chi connectivity index (χ1) is 8.88. The van der Waals surface area contributed by atoms with E-state index in [2.05, 4.69) is 5.32 Å². The molecule has 1 aromatic rings. The van der Waals surface area contributed by atoms with E-state index < -0.39 is 0 Å². The molecule has 1 N–H and O–H groups in total. The molecule has 1 rings (SSSR count). The molecule has 0 bridgehead atoms. The SMILES string of the molecule is CC(C)NC(=O)CN(C)CC(=O)c1cccc(Cl)c1. The van der Waals surface area contributed by atoms with Crippen LogP contribution in [0, 0.1) is 0 Å². The summed E-state index contributed by atoms with van der Waals surface area (Å²) in [6, 6.07) is 6.91. The van der Waals surface area contributed by atoms with Crippen molar-refractivity contribution in [3.63, 3.8) is 0 Å². The molecule has 1 amide bonds. The number of likely N-dealkylation sites (N-methyl/N-ethyl adjacent to an activating group) is 1. The second-order valence-corrected chi connectivity index (χ2v) is 5.26. The molecule has 5 heteroatoms. The molecule has 0 saturated carbocycles. The van der Waals surface area contributed by atoms with Crippen LogP contribution in [-0.2, 0) is 4.79 Å². The molecule has 0 unspecified atom stereocenters. The average molecular weight is 283 g/mol. The largest absolute Gasteiger partial charge is 0.353 e. The summed E-state index contributed by atoms with van der Waals surface area (Å²) < 4.78 is 0. The molecule has 0 heterocycles. The van der Waals surface area contributed by atoms with Crippen molar-refractivity contribution in [2.75, 3.05) is 20.1 Å². The van der Waals surface area contributed by atoms with Crippen LogP contribution in [0.5, 0.6) is 0 Å². The first-order valence-electron chi connectivity index (χ1n) is 6.15. The van der Waals surface area contributed by atoms with Crippen molar-refractivity contribution in [2.24, 2.45) is 0 Å².